The number of methoxy groups -OCH3 is 1. The molecular weight excluding hydrogens is 532 g/mol. The Morgan fingerprint density at radius 3 is 2.31 bits per heavy atom. The first-order valence-corrected chi connectivity index (χ1v) is 16.4. The van der Waals surface area contributed by atoms with Crippen molar-refractivity contribution in [3.8, 4) is 0 Å². The van der Waals surface area contributed by atoms with Crippen LogP contribution in [0.1, 0.15) is 113 Å². The third-order valence-corrected chi connectivity index (χ3v) is 14.3. The highest BCUT2D eigenvalue weighted by Crippen LogP contribution is 2.74. The van der Waals surface area contributed by atoms with Crippen LogP contribution in [-0.2, 0) is 33.3 Å². The van der Waals surface area contributed by atoms with E-state index in [0.717, 1.165) is 38.5 Å². The van der Waals surface area contributed by atoms with Crippen LogP contribution in [0.25, 0.3) is 0 Å². The maximum atomic E-state index is 12.9. The number of hydrogen-bond donors (Lipinski definition) is 0. The first-order chi connectivity index (χ1) is 19.5. The van der Waals surface area contributed by atoms with Gasteiger partial charge in [-0.15, -0.1) is 0 Å². The molecule has 0 amide bonds. The summed E-state index contributed by atoms with van der Waals surface area (Å²) in [5.41, 5.74) is 2.95. The van der Waals surface area contributed by atoms with Crippen LogP contribution in [0.15, 0.2) is 11.1 Å². The number of hydrogen-bond acceptors (Lipinski definition) is 7. The Hall–Kier alpha value is -1.89. The van der Waals surface area contributed by atoms with Gasteiger partial charge < -0.3 is 18.9 Å². The normalized spacial score (nSPS) is 49.0. The van der Waals surface area contributed by atoms with Crippen molar-refractivity contribution in [2.75, 3.05) is 7.11 Å². The van der Waals surface area contributed by atoms with Gasteiger partial charge in [0, 0.05) is 23.2 Å². The topological polar surface area (TPSA) is 88.1 Å². The molecule has 2 saturated heterocycles. The summed E-state index contributed by atoms with van der Waals surface area (Å²) in [7, 11) is 1.29. The molecule has 6 aliphatic rings. The van der Waals surface area contributed by atoms with Gasteiger partial charge in [0.15, 0.2) is 0 Å². The Bertz CT molecular complexity index is 1220. The summed E-state index contributed by atoms with van der Waals surface area (Å²) < 4.78 is 24.2. The van der Waals surface area contributed by atoms with E-state index in [9.17, 15) is 14.4 Å². The van der Waals surface area contributed by atoms with E-state index in [1.54, 1.807) is 11.1 Å². The Labute approximate surface area is 251 Å². The van der Waals surface area contributed by atoms with Crippen LogP contribution in [0.4, 0.5) is 0 Å². The van der Waals surface area contributed by atoms with Crippen molar-refractivity contribution in [2.24, 2.45) is 51.2 Å². The van der Waals surface area contributed by atoms with Crippen molar-refractivity contribution in [3.05, 3.63) is 11.1 Å². The van der Waals surface area contributed by atoms with E-state index in [2.05, 4.69) is 48.5 Å². The highest BCUT2D eigenvalue weighted by atomic mass is 16.7. The minimum absolute atomic E-state index is 0.0141. The van der Waals surface area contributed by atoms with Crippen molar-refractivity contribution in [2.45, 2.75) is 131 Å². The van der Waals surface area contributed by atoms with Crippen LogP contribution >= 0.6 is 0 Å². The lowest BCUT2D eigenvalue weighted by molar-refractivity contribution is -0.269. The minimum atomic E-state index is -0.855. The first kappa shape index (κ1) is 30.1. The second-order valence-corrected chi connectivity index (χ2v) is 16.1. The summed E-state index contributed by atoms with van der Waals surface area (Å²) in [6.45, 7) is 18.5. The predicted molar refractivity (Wildman–Crippen MR) is 157 cm³/mol. The zero-order chi connectivity index (χ0) is 30.6. The molecule has 0 bridgehead atoms. The maximum Gasteiger partial charge on any atom is 0.317 e. The molecule has 7 heteroatoms. The molecule has 42 heavy (non-hydrogen) atoms. The second kappa shape index (κ2) is 9.55. The van der Waals surface area contributed by atoms with Gasteiger partial charge >= 0.3 is 17.9 Å². The molecule has 6 rings (SSSR count). The number of esters is 3. The number of ether oxygens (including phenoxy) is 4. The van der Waals surface area contributed by atoms with Crippen molar-refractivity contribution in [1.29, 1.82) is 0 Å². The number of carbonyl (C=O) groups is 3. The standard InChI is InChI=1S/C35H52O7/c1-19-18-35(21(3)20(2)30(38)42-35)41-27-16-24-23(33(7)15-12-22(19)34(27,33)8)10-11-25-31(4,5)26(13-14-32(24,25)6)40-29(37)17-28(36)39-9/h19-22,25-27H,10-18H2,1-9H3/t19-,20-,21-,22-,25-,26-,27-,32-,33+,34+,35+/m1/s1. The Morgan fingerprint density at radius 2 is 1.67 bits per heavy atom. The Balaban J connectivity index is 1.37. The lowest BCUT2D eigenvalue weighted by atomic mass is 9.42. The van der Waals surface area contributed by atoms with Crippen LogP contribution in [0.5, 0.6) is 0 Å². The molecule has 2 saturated carbocycles. The van der Waals surface area contributed by atoms with E-state index in [-0.39, 0.29) is 58.1 Å². The van der Waals surface area contributed by atoms with Gasteiger partial charge in [0.05, 0.1) is 19.1 Å². The largest absolute Gasteiger partial charge is 0.469 e. The van der Waals surface area contributed by atoms with E-state index >= 15 is 0 Å². The highest BCUT2D eigenvalue weighted by molar-refractivity contribution is 5.91. The lowest BCUT2D eigenvalue weighted by Gasteiger charge is -2.63. The zero-order valence-electron chi connectivity index (χ0n) is 27.3. The molecule has 0 aromatic heterocycles. The number of rotatable bonds is 3. The molecule has 7 nitrogen and oxygen atoms in total. The molecule has 0 N–H and O–H groups in total. The van der Waals surface area contributed by atoms with Crippen LogP contribution < -0.4 is 0 Å². The lowest BCUT2D eigenvalue weighted by Crippen LogP contribution is -2.59. The molecule has 0 radical (unpaired) electrons. The van der Waals surface area contributed by atoms with E-state index in [1.807, 2.05) is 6.92 Å². The molecule has 0 aromatic rings. The molecule has 234 valence electrons. The zero-order valence-corrected chi connectivity index (χ0v) is 27.3. The van der Waals surface area contributed by atoms with E-state index in [0.29, 0.717) is 17.8 Å². The quantitative estimate of drug-likeness (QED) is 0.157. The van der Waals surface area contributed by atoms with Crippen LogP contribution in [0.2, 0.25) is 0 Å². The van der Waals surface area contributed by atoms with Gasteiger partial charge in [-0.1, -0.05) is 66.5 Å². The fourth-order valence-electron chi connectivity index (χ4n) is 11.5. The molecule has 0 aromatic carbocycles. The van der Waals surface area contributed by atoms with Crippen molar-refractivity contribution in [3.63, 3.8) is 0 Å². The summed E-state index contributed by atoms with van der Waals surface area (Å²) >= 11 is 0. The van der Waals surface area contributed by atoms with Crippen molar-refractivity contribution in [1.82, 2.24) is 0 Å². The second-order valence-electron chi connectivity index (χ2n) is 16.1. The number of carbonyl (C=O) groups excluding carboxylic acids is 3. The van der Waals surface area contributed by atoms with Crippen LogP contribution in [-0.4, -0.2) is 43.0 Å². The fraction of sp³-hybridized carbons (Fsp3) is 0.857. The molecule has 4 fully saturated rings. The monoisotopic (exact) mass is 584 g/mol. The Morgan fingerprint density at radius 1 is 0.952 bits per heavy atom. The molecule has 2 heterocycles. The average Bonchev–Trinajstić information content (AvgIpc) is 3.28. The third-order valence-electron chi connectivity index (χ3n) is 14.3. The van der Waals surface area contributed by atoms with Crippen molar-refractivity contribution < 1.29 is 33.3 Å². The smallest absolute Gasteiger partial charge is 0.317 e. The van der Waals surface area contributed by atoms with E-state index in [4.69, 9.17) is 18.9 Å². The van der Waals surface area contributed by atoms with Gasteiger partial charge in [0.1, 0.15) is 12.5 Å². The number of allylic oxidation sites excluding steroid dienone is 1. The van der Waals surface area contributed by atoms with E-state index in [1.165, 1.54) is 20.0 Å². The van der Waals surface area contributed by atoms with Gasteiger partial charge in [-0.3, -0.25) is 14.4 Å². The summed E-state index contributed by atoms with van der Waals surface area (Å²) in [6.07, 6.45) is 7.23. The highest BCUT2D eigenvalue weighted by Gasteiger charge is 2.70. The third kappa shape index (κ3) is 3.83. The molecule has 11 atom stereocenters. The van der Waals surface area contributed by atoms with Gasteiger partial charge in [-0.25, -0.2) is 0 Å². The summed E-state index contributed by atoms with van der Waals surface area (Å²) in [4.78, 5) is 37.2. The summed E-state index contributed by atoms with van der Waals surface area (Å²) in [6, 6.07) is 0. The maximum absolute atomic E-state index is 12.9. The van der Waals surface area contributed by atoms with Gasteiger partial charge in [-0.05, 0) is 73.5 Å². The van der Waals surface area contributed by atoms with E-state index < -0.39 is 17.7 Å². The fourth-order valence-corrected chi connectivity index (χ4v) is 11.5. The average molecular weight is 585 g/mol. The molecular formula is C35H52O7. The summed E-state index contributed by atoms with van der Waals surface area (Å²) in [5, 5.41) is 0. The van der Waals surface area contributed by atoms with Gasteiger partial charge in [0.25, 0.3) is 0 Å². The molecule has 1 spiro atoms. The summed E-state index contributed by atoms with van der Waals surface area (Å²) in [5.74, 6) is -0.934. The number of fused-ring (bicyclic) bond motifs is 3. The molecule has 4 aliphatic carbocycles. The minimum Gasteiger partial charge on any atom is -0.469 e. The van der Waals surface area contributed by atoms with Gasteiger partial charge in [0.2, 0.25) is 5.79 Å². The molecule has 0 unspecified atom stereocenters. The van der Waals surface area contributed by atoms with Crippen LogP contribution in [0, 0.1) is 51.2 Å². The van der Waals surface area contributed by atoms with Crippen molar-refractivity contribution >= 4 is 17.9 Å². The predicted octanol–water partition coefficient (Wildman–Crippen LogP) is 6.77. The Kier molecular flexibility index (Phi) is 6.86. The first-order valence-electron chi connectivity index (χ1n) is 16.4. The molecule has 2 aliphatic heterocycles. The SMILES string of the molecule is COC(=O)CC(=O)O[C@@H]1CC[C@]2(C)C3=C(CC[C@@H]2C1(C)C)[C@]1(C)CC[C@@H]2[C@H](C)C[C@@]4(OC(=O)[C@H](C)[C@H]4C)O[C@H](C3)[C@]21C. The van der Waals surface area contributed by atoms with Gasteiger partial charge in [-0.2, -0.15) is 0 Å². The van der Waals surface area contributed by atoms with Crippen LogP contribution in [0.3, 0.4) is 0 Å².